The van der Waals surface area contributed by atoms with Gasteiger partial charge in [-0.15, -0.1) is 0 Å². The first kappa shape index (κ1) is 21.1. The highest BCUT2D eigenvalue weighted by atomic mass is 16.2. The predicted octanol–water partition coefficient (Wildman–Crippen LogP) is 4.22. The predicted molar refractivity (Wildman–Crippen MR) is 116 cm³/mol. The first-order valence-corrected chi connectivity index (χ1v) is 10.5. The molecule has 4 nitrogen and oxygen atoms in total. The van der Waals surface area contributed by atoms with Crippen molar-refractivity contribution in [2.75, 3.05) is 6.54 Å². The van der Waals surface area contributed by atoms with E-state index in [0.717, 1.165) is 24.0 Å². The van der Waals surface area contributed by atoms with E-state index in [1.165, 1.54) is 5.56 Å². The number of amides is 2. The summed E-state index contributed by atoms with van der Waals surface area (Å²) in [7, 11) is 0. The van der Waals surface area contributed by atoms with E-state index in [1.807, 2.05) is 30.3 Å². The number of rotatable bonds is 5. The summed E-state index contributed by atoms with van der Waals surface area (Å²) >= 11 is 0. The molecular formula is C25H32N2O2. The molecule has 0 radical (unpaired) electrons. The van der Waals surface area contributed by atoms with Crippen LogP contribution in [0.5, 0.6) is 0 Å². The van der Waals surface area contributed by atoms with Gasteiger partial charge in [0.05, 0.1) is 6.42 Å². The third kappa shape index (κ3) is 5.69. The fourth-order valence-corrected chi connectivity index (χ4v) is 3.77. The van der Waals surface area contributed by atoms with E-state index >= 15 is 0 Å². The largest absolute Gasteiger partial charge is 0.354 e. The van der Waals surface area contributed by atoms with E-state index in [2.05, 4.69) is 50.4 Å². The molecule has 0 bridgehead atoms. The Morgan fingerprint density at radius 3 is 2.34 bits per heavy atom. The van der Waals surface area contributed by atoms with Gasteiger partial charge in [-0.05, 0) is 41.4 Å². The van der Waals surface area contributed by atoms with Gasteiger partial charge in [0, 0.05) is 13.1 Å². The van der Waals surface area contributed by atoms with Gasteiger partial charge < -0.3 is 10.2 Å². The molecule has 1 atom stereocenters. The maximum Gasteiger partial charge on any atom is 0.242 e. The molecule has 1 aliphatic rings. The van der Waals surface area contributed by atoms with Crippen LogP contribution >= 0.6 is 0 Å². The minimum Gasteiger partial charge on any atom is -0.354 e. The molecule has 2 aromatic carbocycles. The van der Waals surface area contributed by atoms with Crippen LogP contribution in [0.25, 0.3) is 0 Å². The quantitative estimate of drug-likeness (QED) is 0.828. The number of nitrogens with one attached hydrogen (secondary N) is 1. The topological polar surface area (TPSA) is 49.4 Å². The van der Waals surface area contributed by atoms with Gasteiger partial charge in [0.2, 0.25) is 11.8 Å². The molecule has 4 heteroatoms. The van der Waals surface area contributed by atoms with E-state index in [0.29, 0.717) is 25.9 Å². The van der Waals surface area contributed by atoms with Crippen molar-refractivity contribution in [3.05, 3.63) is 71.3 Å². The van der Waals surface area contributed by atoms with E-state index in [4.69, 9.17) is 0 Å². The summed E-state index contributed by atoms with van der Waals surface area (Å²) in [6.45, 7) is 7.71. The van der Waals surface area contributed by atoms with Crippen LogP contribution < -0.4 is 5.32 Å². The minimum atomic E-state index is -0.406. The first-order chi connectivity index (χ1) is 13.8. The zero-order valence-corrected chi connectivity index (χ0v) is 17.8. The second-order valence-electron chi connectivity index (χ2n) is 8.93. The van der Waals surface area contributed by atoms with E-state index in [1.54, 1.807) is 4.90 Å². The molecule has 1 N–H and O–H groups in total. The number of hydrogen-bond acceptors (Lipinski definition) is 2. The van der Waals surface area contributed by atoms with Gasteiger partial charge in [0.25, 0.3) is 0 Å². The summed E-state index contributed by atoms with van der Waals surface area (Å²) in [6, 6.07) is 17.8. The Morgan fingerprint density at radius 2 is 1.69 bits per heavy atom. The highest BCUT2D eigenvalue weighted by Crippen LogP contribution is 2.24. The van der Waals surface area contributed by atoms with Crippen molar-refractivity contribution in [3.63, 3.8) is 0 Å². The van der Waals surface area contributed by atoms with Crippen molar-refractivity contribution >= 4 is 11.8 Å². The average Bonchev–Trinajstić information content (AvgIpc) is 2.91. The Labute approximate surface area is 174 Å². The van der Waals surface area contributed by atoms with Crippen LogP contribution in [0, 0.1) is 0 Å². The molecule has 1 fully saturated rings. The molecule has 1 unspecified atom stereocenters. The van der Waals surface area contributed by atoms with Crippen molar-refractivity contribution in [1.29, 1.82) is 0 Å². The minimum absolute atomic E-state index is 0.00171. The highest BCUT2D eigenvalue weighted by Gasteiger charge is 2.30. The van der Waals surface area contributed by atoms with Crippen molar-refractivity contribution in [2.24, 2.45) is 0 Å². The van der Waals surface area contributed by atoms with Crippen molar-refractivity contribution in [3.8, 4) is 0 Å². The number of carbonyl (C=O) groups is 2. The lowest BCUT2D eigenvalue weighted by Crippen LogP contribution is -2.48. The number of benzene rings is 2. The van der Waals surface area contributed by atoms with Gasteiger partial charge in [-0.2, -0.15) is 0 Å². The summed E-state index contributed by atoms with van der Waals surface area (Å²) in [5, 5.41) is 2.98. The van der Waals surface area contributed by atoms with Crippen LogP contribution in [-0.2, 0) is 28.0 Å². The van der Waals surface area contributed by atoms with E-state index in [-0.39, 0.29) is 17.2 Å². The molecule has 0 spiro atoms. The molecule has 1 heterocycles. The number of nitrogens with zero attached hydrogens (tertiary/aromatic N) is 1. The summed E-state index contributed by atoms with van der Waals surface area (Å²) in [6.07, 6.45) is 2.93. The molecule has 2 aromatic rings. The van der Waals surface area contributed by atoms with Crippen LogP contribution in [0.15, 0.2) is 54.6 Å². The highest BCUT2D eigenvalue weighted by molar-refractivity contribution is 5.88. The van der Waals surface area contributed by atoms with Crippen LogP contribution in [0.1, 0.15) is 56.7 Å². The summed E-state index contributed by atoms with van der Waals surface area (Å²) in [5.41, 5.74) is 3.37. The zero-order chi connectivity index (χ0) is 20.9. The summed E-state index contributed by atoms with van der Waals surface area (Å²) in [5.74, 6) is -0.0339. The monoisotopic (exact) mass is 392 g/mol. The second-order valence-corrected chi connectivity index (χ2v) is 8.93. The Bertz CT molecular complexity index is 822. The molecule has 2 amide bonds. The fraction of sp³-hybridized carbons (Fsp3) is 0.440. The third-order valence-corrected chi connectivity index (χ3v) is 5.57. The Balaban J connectivity index is 1.83. The molecule has 154 valence electrons. The number of carbonyl (C=O) groups excluding carboxylic acids is 2. The van der Waals surface area contributed by atoms with E-state index in [9.17, 15) is 9.59 Å². The van der Waals surface area contributed by atoms with Crippen LogP contribution in [0.2, 0.25) is 0 Å². The van der Waals surface area contributed by atoms with Crippen molar-refractivity contribution in [1.82, 2.24) is 10.2 Å². The van der Waals surface area contributed by atoms with Gasteiger partial charge in [-0.3, -0.25) is 9.59 Å². The SMILES string of the molecule is CC(C)(C)c1ccc(CN(C(=O)Cc2ccccc2)C2CCCCNC2=O)cc1. The fourth-order valence-electron chi connectivity index (χ4n) is 3.77. The van der Waals surface area contributed by atoms with Gasteiger partial charge in [0.1, 0.15) is 6.04 Å². The zero-order valence-electron chi connectivity index (χ0n) is 17.8. The Kier molecular flexibility index (Phi) is 6.73. The smallest absolute Gasteiger partial charge is 0.242 e. The Morgan fingerprint density at radius 1 is 1.00 bits per heavy atom. The van der Waals surface area contributed by atoms with E-state index < -0.39 is 6.04 Å². The molecule has 29 heavy (non-hydrogen) atoms. The maximum absolute atomic E-state index is 13.2. The molecule has 1 aliphatic heterocycles. The normalized spacial score (nSPS) is 17.3. The van der Waals surface area contributed by atoms with Crippen molar-refractivity contribution < 1.29 is 9.59 Å². The molecule has 0 aliphatic carbocycles. The summed E-state index contributed by atoms with van der Waals surface area (Å²) in [4.78, 5) is 27.7. The Hall–Kier alpha value is -2.62. The second kappa shape index (κ2) is 9.25. The average molecular weight is 393 g/mol. The summed E-state index contributed by atoms with van der Waals surface area (Å²) < 4.78 is 0. The molecule has 3 rings (SSSR count). The molecular weight excluding hydrogens is 360 g/mol. The maximum atomic E-state index is 13.2. The standard InChI is InChI=1S/C25H32N2O2/c1-25(2,3)21-14-12-20(13-15-21)18-27(22-11-7-8-16-26-24(22)29)23(28)17-19-9-5-4-6-10-19/h4-6,9-10,12-15,22H,7-8,11,16-18H2,1-3H3,(H,26,29). The van der Waals surface area contributed by atoms with Crippen LogP contribution in [0.3, 0.4) is 0 Å². The lowest BCUT2D eigenvalue weighted by molar-refractivity contribution is -0.140. The number of hydrogen-bond donors (Lipinski definition) is 1. The third-order valence-electron chi connectivity index (χ3n) is 5.57. The molecule has 0 saturated carbocycles. The van der Waals surface area contributed by atoms with Crippen molar-refractivity contribution in [2.45, 2.75) is 64.5 Å². The lowest BCUT2D eigenvalue weighted by Gasteiger charge is -2.30. The van der Waals surface area contributed by atoms with Gasteiger partial charge in [-0.1, -0.05) is 75.4 Å². The van der Waals surface area contributed by atoms with Gasteiger partial charge in [-0.25, -0.2) is 0 Å². The van der Waals surface area contributed by atoms with Gasteiger partial charge in [0.15, 0.2) is 0 Å². The van der Waals surface area contributed by atoms with Gasteiger partial charge >= 0.3 is 0 Å². The van der Waals surface area contributed by atoms with Crippen LogP contribution in [-0.4, -0.2) is 29.3 Å². The first-order valence-electron chi connectivity index (χ1n) is 10.5. The van der Waals surface area contributed by atoms with Crippen LogP contribution in [0.4, 0.5) is 0 Å². The molecule has 0 aromatic heterocycles. The molecule has 1 saturated heterocycles. The lowest BCUT2D eigenvalue weighted by atomic mass is 9.86.